The summed E-state index contributed by atoms with van der Waals surface area (Å²) in [6.07, 6.45) is 1.73. The molecule has 0 unspecified atom stereocenters. The third-order valence-electron chi connectivity index (χ3n) is 3.67. The summed E-state index contributed by atoms with van der Waals surface area (Å²) in [5, 5.41) is 13.5. The van der Waals surface area contributed by atoms with Gasteiger partial charge in [0.05, 0.1) is 5.69 Å². The predicted molar refractivity (Wildman–Crippen MR) is 68.3 cm³/mol. The van der Waals surface area contributed by atoms with Crippen molar-refractivity contribution in [1.29, 1.82) is 5.26 Å². The van der Waals surface area contributed by atoms with Crippen molar-refractivity contribution in [2.45, 2.75) is 26.7 Å². The van der Waals surface area contributed by atoms with E-state index in [1.807, 2.05) is 14.0 Å². The van der Waals surface area contributed by atoms with Gasteiger partial charge in [0, 0.05) is 26.1 Å². The second-order valence-corrected chi connectivity index (χ2v) is 4.89. The van der Waals surface area contributed by atoms with Crippen LogP contribution in [0.5, 0.6) is 0 Å². The number of rotatable bonds is 2. The molecule has 1 aromatic rings. The number of ketones is 1. The smallest absolute Gasteiger partial charge is 0.144 e. The lowest BCUT2D eigenvalue weighted by Crippen LogP contribution is -2.37. The van der Waals surface area contributed by atoms with Crippen molar-refractivity contribution in [2.75, 3.05) is 18.0 Å². The van der Waals surface area contributed by atoms with Gasteiger partial charge in [-0.1, -0.05) is 0 Å². The third kappa shape index (κ3) is 2.10. The Bertz CT molecular complexity index is 504. The number of nitrogens with zero attached hydrogens (tertiary/aromatic N) is 4. The van der Waals surface area contributed by atoms with Crippen LogP contribution in [0, 0.1) is 24.2 Å². The summed E-state index contributed by atoms with van der Waals surface area (Å²) in [4.78, 5) is 13.5. The Hall–Kier alpha value is -1.83. The Labute approximate surface area is 107 Å². The van der Waals surface area contributed by atoms with Gasteiger partial charge in [-0.2, -0.15) is 10.4 Å². The first-order valence-corrected chi connectivity index (χ1v) is 6.23. The van der Waals surface area contributed by atoms with E-state index in [0.29, 0.717) is 5.56 Å². The summed E-state index contributed by atoms with van der Waals surface area (Å²) in [7, 11) is 1.86. The Morgan fingerprint density at radius 2 is 2.06 bits per heavy atom. The Morgan fingerprint density at radius 1 is 1.44 bits per heavy atom. The molecule has 1 aliphatic heterocycles. The van der Waals surface area contributed by atoms with E-state index in [4.69, 9.17) is 0 Å². The molecule has 2 rings (SSSR count). The van der Waals surface area contributed by atoms with E-state index in [-0.39, 0.29) is 11.7 Å². The second-order valence-electron chi connectivity index (χ2n) is 4.89. The summed E-state index contributed by atoms with van der Waals surface area (Å²) in [6, 6.07) is 2.22. The van der Waals surface area contributed by atoms with E-state index in [2.05, 4.69) is 16.1 Å². The van der Waals surface area contributed by atoms with Crippen molar-refractivity contribution < 1.29 is 4.79 Å². The van der Waals surface area contributed by atoms with Crippen LogP contribution in [0.1, 0.15) is 31.0 Å². The highest BCUT2D eigenvalue weighted by molar-refractivity contribution is 5.78. The topological polar surface area (TPSA) is 61.9 Å². The van der Waals surface area contributed by atoms with Crippen LogP contribution in [0.3, 0.4) is 0 Å². The molecule has 0 aliphatic carbocycles. The zero-order valence-electron chi connectivity index (χ0n) is 11.1. The molecule has 5 nitrogen and oxygen atoms in total. The quantitative estimate of drug-likeness (QED) is 0.791. The zero-order valence-corrected chi connectivity index (χ0v) is 11.1. The van der Waals surface area contributed by atoms with Gasteiger partial charge in [-0.25, -0.2) is 0 Å². The van der Waals surface area contributed by atoms with Crippen LogP contribution < -0.4 is 4.90 Å². The van der Waals surface area contributed by atoms with Crippen LogP contribution in [0.2, 0.25) is 0 Å². The van der Waals surface area contributed by atoms with Gasteiger partial charge < -0.3 is 4.90 Å². The number of anilines is 1. The largest absolute Gasteiger partial charge is 0.356 e. The summed E-state index contributed by atoms with van der Waals surface area (Å²) in [6.45, 7) is 5.15. The average Bonchev–Trinajstić information content (AvgIpc) is 2.63. The van der Waals surface area contributed by atoms with Crippen LogP contribution in [-0.4, -0.2) is 28.7 Å². The minimum Gasteiger partial charge on any atom is -0.356 e. The fourth-order valence-electron chi connectivity index (χ4n) is 2.64. The number of aromatic nitrogens is 2. The number of nitriles is 1. The molecule has 0 N–H and O–H groups in total. The highest BCUT2D eigenvalue weighted by Gasteiger charge is 2.26. The summed E-state index contributed by atoms with van der Waals surface area (Å²) in [5.74, 6) is 1.34. The highest BCUT2D eigenvalue weighted by atomic mass is 16.1. The first-order valence-electron chi connectivity index (χ1n) is 6.23. The number of hydrogen-bond donors (Lipinski definition) is 0. The van der Waals surface area contributed by atoms with E-state index >= 15 is 0 Å². The number of carbonyl (C=O) groups excluding carboxylic acids is 1. The molecule has 0 amide bonds. The van der Waals surface area contributed by atoms with Crippen molar-refractivity contribution in [3.8, 4) is 6.07 Å². The minimum atomic E-state index is 0.182. The van der Waals surface area contributed by atoms with Crippen LogP contribution >= 0.6 is 0 Å². The molecule has 1 aromatic heterocycles. The standard InChI is InChI=1S/C13H18N4O/c1-9-12(8-14)13(16(3)15-9)17-6-4-11(5-7-17)10(2)18/h11H,4-7H2,1-3H3. The zero-order chi connectivity index (χ0) is 13.3. The molecule has 1 fully saturated rings. The lowest BCUT2D eigenvalue weighted by molar-refractivity contribution is -0.121. The van der Waals surface area contributed by atoms with E-state index in [9.17, 15) is 10.1 Å². The van der Waals surface area contributed by atoms with Gasteiger partial charge in [0.15, 0.2) is 0 Å². The Balaban J connectivity index is 2.20. The molecule has 1 saturated heterocycles. The fourth-order valence-corrected chi connectivity index (χ4v) is 2.64. The van der Waals surface area contributed by atoms with Gasteiger partial charge in [0.25, 0.3) is 0 Å². The fraction of sp³-hybridized carbons (Fsp3) is 0.615. The number of aryl methyl sites for hydroxylation is 2. The molecule has 1 aliphatic rings. The SMILES string of the molecule is CC(=O)C1CCN(c2c(C#N)c(C)nn2C)CC1. The molecule has 96 valence electrons. The molecular formula is C13H18N4O. The van der Waals surface area contributed by atoms with Crippen LogP contribution in [0.15, 0.2) is 0 Å². The maximum absolute atomic E-state index is 11.3. The maximum Gasteiger partial charge on any atom is 0.144 e. The van der Waals surface area contributed by atoms with Crippen LogP contribution in [0.25, 0.3) is 0 Å². The molecule has 0 radical (unpaired) electrons. The normalized spacial score (nSPS) is 16.7. The molecule has 18 heavy (non-hydrogen) atoms. The predicted octanol–water partition coefficient (Wildman–Crippen LogP) is 1.41. The van der Waals surface area contributed by atoms with E-state index < -0.39 is 0 Å². The van der Waals surface area contributed by atoms with Gasteiger partial charge in [-0.15, -0.1) is 0 Å². The van der Waals surface area contributed by atoms with E-state index in [0.717, 1.165) is 37.4 Å². The summed E-state index contributed by atoms with van der Waals surface area (Å²) in [5.41, 5.74) is 1.42. The number of carbonyl (C=O) groups is 1. The average molecular weight is 246 g/mol. The number of Topliss-reactive ketones (excluding diaryl/α,β-unsaturated/α-hetero) is 1. The van der Waals surface area contributed by atoms with Crippen LogP contribution in [-0.2, 0) is 11.8 Å². The Morgan fingerprint density at radius 3 is 2.56 bits per heavy atom. The van der Waals surface area contributed by atoms with E-state index in [1.165, 1.54) is 0 Å². The van der Waals surface area contributed by atoms with Gasteiger partial charge in [0.2, 0.25) is 0 Å². The number of piperidine rings is 1. The van der Waals surface area contributed by atoms with Crippen molar-refractivity contribution in [2.24, 2.45) is 13.0 Å². The Kier molecular flexibility index (Phi) is 3.37. The molecular weight excluding hydrogens is 228 g/mol. The monoisotopic (exact) mass is 246 g/mol. The van der Waals surface area contributed by atoms with Crippen molar-refractivity contribution in [3.05, 3.63) is 11.3 Å². The van der Waals surface area contributed by atoms with E-state index in [1.54, 1.807) is 11.6 Å². The number of hydrogen-bond acceptors (Lipinski definition) is 4. The summed E-state index contributed by atoms with van der Waals surface area (Å²) >= 11 is 0. The molecule has 0 atom stereocenters. The van der Waals surface area contributed by atoms with Gasteiger partial charge in [-0.05, 0) is 26.7 Å². The van der Waals surface area contributed by atoms with Gasteiger partial charge in [0.1, 0.15) is 23.2 Å². The van der Waals surface area contributed by atoms with Gasteiger partial charge in [-0.3, -0.25) is 9.48 Å². The molecule has 2 heterocycles. The minimum absolute atomic E-state index is 0.182. The first kappa shape index (κ1) is 12.6. The lowest BCUT2D eigenvalue weighted by Gasteiger charge is -2.32. The molecule has 0 saturated carbocycles. The van der Waals surface area contributed by atoms with Gasteiger partial charge >= 0.3 is 0 Å². The maximum atomic E-state index is 11.3. The summed E-state index contributed by atoms with van der Waals surface area (Å²) < 4.78 is 1.77. The molecule has 0 spiro atoms. The van der Waals surface area contributed by atoms with Crippen molar-refractivity contribution >= 4 is 11.6 Å². The van der Waals surface area contributed by atoms with Crippen molar-refractivity contribution in [1.82, 2.24) is 9.78 Å². The van der Waals surface area contributed by atoms with Crippen LogP contribution in [0.4, 0.5) is 5.82 Å². The first-order chi connectivity index (χ1) is 8.54. The molecule has 5 heteroatoms. The highest BCUT2D eigenvalue weighted by Crippen LogP contribution is 2.27. The molecule has 0 bridgehead atoms. The second kappa shape index (κ2) is 4.81. The third-order valence-corrected chi connectivity index (χ3v) is 3.67. The van der Waals surface area contributed by atoms with Crippen molar-refractivity contribution in [3.63, 3.8) is 0 Å². The molecule has 0 aromatic carbocycles. The lowest BCUT2D eigenvalue weighted by atomic mass is 9.93.